The van der Waals surface area contributed by atoms with Crippen molar-refractivity contribution in [3.63, 3.8) is 0 Å². The fourth-order valence-electron chi connectivity index (χ4n) is 9.74. The van der Waals surface area contributed by atoms with E-state index in [2.05, 4.69) is 70.7 Å². The number of fused-ring (bicyclic) bond motifs is 1. The smallest absolute Gasteiger partial charge is 0.410 e. The van der Waals surface area contributed by atoms with Gasteiger partial charge in [0.15, 0.2) is 5.82 Å². The number of urea groups is 1. The highest BCUT2D eigenvalue weighted by Crippen LogP contribution is 2.33. The number of ketones is 1. The monoisotopic (exact) mass is 1150 g/mol. The summed E-state index contributed by atoms with van der Waals surface area (Å²) in [4.78, 5) is 82.6. The number of hydrogen-bond acceptors (Lipinski definition) is 19. The molecule has 1 spiro atoms. The Morgan fingerprint density at radius 2 is 1.50 bits per heavy atom. The van der Waals surface area contributed by atoms with Gasteiger partial charge in [0, 0.05) is 75.5 Å². The SMILES string of the molecule is CCCCCNc1nc(N)nc2ccn(Cc3ccc(CN4CC5(C4)CN(C(=O)OCc4ccc(NC(=O)[C@H](CCCNC(N)=O)NC(=O)[C@@H](CC(=O)CCOCCOCCOCCOCCON)C(C)C)cc4)CCO5)cc3OC)c12. The van der Waals surface area contributed by atoms with E-state index in [1.165, 1.54) is 0 Å². The van der Waals surface area contributed by atoms with Crippen LogP contribution >= 0.6 is 0 Å². The number of anilines is 3. The number of carbonyl (C=O) groups excluding carboxylic acids is 5. The molecular formula is C57H86N12O13. The summed E-state index contributed by atoms with van der Waals surface area (Å²) in [6.07, 6.45) is 5.42. The highest BCUT2D eigenvalue weighted by atomic mass is 16.6. The number of nitrogen functional groups attached to an aromatic ring is 1. The number of amides is 5. The highest BCUT2D eigenvalue weighted by molar-refractivity contribution is 5.98. The minimum absolute atomic E-state index is 0.00384. The Labute approximate surface area is 480 Å². The number of hydrogen-bond donors (Lipinski definition) is 7. The summed E-state index contributed by atoms with van der Waals surface area (Å²) < 4.78 is 41.8. The second-order valence-electron chi connectivity index (χ2n) is 20.9. The molecule has 4 aromatic rings. The third-order valence-electron chi connectivity index (χ3n) is 14.1. The minimum Gasteiger partial charge on any atom is -0.496 e. The molecule has 10 N–H and O–H groups in total. The second kappa shape index (κ2) is 34.0. The quantitative estimate of drug-likeness (QED) is 0.0242. The lowest BCUT2D eigenvalue weighted by Crippen LogP contribution is -2.70. The topological polar surface area (TPSA) is 323 Å². The third kappa shape index (κ3) is 20.9. The van der Waals surface area contributed by atoms with Gasteiger partial charge in [-0.2, -0.15) is 4.98 Å². The van der Waals surface area contributed by atoms with Gasteiger partial charge < -0.3 is 80.2 Å². The maximum Gasteiger partial charge on any atom is 0.410 e. The van der Waals surface area contributed by atoms with E-state index in [0.29, 0.717) is 110 Å². The molecule has 2 aromatic heterocycles. The third-order valence-corrected chi connectivity index (χ3v) is 14.1. The van der Waals surface area contributed by atoms with Crippen LogP contribution in [-0.2, 0) is 67.3 Å². The molecule has 25 heteroatoms. The maximum absolute atomic E-state index is 13.7. The zero-order valence-corrected chi connectivity index (χ0v) is 48.1. The van der Waals surface area contributed by atoms with Crippen molar-refractivity contribution in [1.82, 2.24) is 35.0 Å². The molecule has 452 valence electrons. The fourth-order valence-corrected chi connectivity index (χ4v) is 9.74. The molecule has 2 aliphatic heterocycles. The van der Waals surface area contributed by atoms with Crippen molar-refractivity contribution in [1.29, 1.82) is 0 Å². The molecule has 0 saturated carbocycles. The molecule has 6 rings (SSSR count). The van der Waals surface area contributed by atoms with Crippen LogP contribution in [0.2, 0.25) is 0 Å². The Hall–Kier alpha value is -6.71. The number of ether oxygens (including phenoxy) is 7. The van der Waals surface area contributed by atoms with Gasteiger partial charge in [-0.1, -0.05) is 57.9 Å². The second-order valence-corrected chi connectivity index (χ2v) is 20.9. The van der Waals surface area contributed by atoms with Gasteiger partial charge in [0.2, 0.25) is 17.8 Å². The predicted octanol–water partition coefficient (Wildman–Crippen LogP) is 4.35. The van der Waals surface area contributed by atoms with E-state index < -0.39 is 41.5 Å². The Balaban J connectivity index is 0.921. The van der Waals surface area contributed by atoms with E-state index >= 15 is 0 Å². The number of likely N-dealkylation sites (tertiary alicyclic amines) is 1. The molecule has 2 aliphatic rings. The number of nitrogens with zero attached hydrogens (tertiary/aromatic N) is 5. The van der Waals surface area contributed by atoms with Crippen LogP contribution in [0.1, 0.15) is 82.4 Å². The van der Waals surface area contributed by atoms with Crippen molar-refractivity contribution in [2.24, 2.45) is 23.5 Å². The number of carbonyl (C=O) groups is 5. The molecule has 25 nitrogen and oxygen atoms in total. The van der Waals surface area contributed by atoms with E-state index in [4.69, 9.17) is 50.5 Å². The number of nitrogens with one attached hydrogen (secondary N) is 4. The molecule has 2 saturated heterocycles. The van der Waals surface area contributed by atoms with Gasteiger partial charge in [0.25, 0.3) is 0 Å². The van der Waals surface area contributed by atoms with Gasteiger partial charge in [-0.25, -0.2) is 20.5 Å². The number of benzene rings is 2. The summed E-state index contributed by atoms with van der Waals surface area (Å²) in [5, 5.41) is 11.7. The first-order valence-corrected chi connectivity index (χ1v) is 28.4. The van der Waals surface area contributed by atoms with Crippen LogP contribution in [0.5, 0.6) is 5.75 Å². The van der Waals surface area contributed by atoms with E-state index in [-0.39, 0.29) is 63.3 Å². The zero-order valence-electron chi connectivity index (χ0n) is 48.1. The van der Waals surface area contributed by atoms with Crippen LogP contribution in [0.3, 0.4) is 0 Å². The van der Waals surface area contributed by atoms with Gasteiger partial charge in [0.1, 0.15) is 35.3 Å². The number of methoxy groups -OCH3 is 1. The number of rotatable bonds is 38. The van der Waals surface area contributed by atoms with Gasteiger partial charge in [0.05, 0.1) is 91.8 Å². The lowest BCUT2D eigenvalue weighted by molar-refractivity contribution is -0.181. The van der Waals surface area contributed by atoms with Gasteiger partial charge in [-0.05, 0) is 60.6 Å². The highest BCUT2D eigenvalue weighted by Gasteiger charge is 2.48. The van der Waals surface area contributed by atoms with E-state index in [9.17, 15) is 24.0 Å². The summed E-state index contributed by atoms with van der Waals surface area (Å²) in [6.45, 7) is 13.6. The number of Topliss-reactive ketones (excluding diaryl/α,β-unsaturated/α-hetero) is 1. The first-order valence-electron chi connectivity index (χ1n) is 28.4. The molecule has 0 aliphatic carbocycles. The number of nitrogens with two attached hydrogens (primary N) is 3. The Morgan fingerprint density at radius 3 is 2.17 bits per heavy atom. The average molecular weight is 1150 g/mol. The first kappa shape index (κ1) is 64.5. The normalized spacial score (nSPS) is 14.8. The first-order chi connectivity index (χ1) is 39.7. The van der Waals surface area contributed by atoms with Crippen LogP contribution in [0.25, 0.3) is 11.0 Å². The standard InChI is InChI=1S/C57H86N12O13/c1-5-6-7-18-61-51-50-47(65-54(58)66-51)16-20-68(50)35-43-13-10-42(32-49(43)75-4)34-67-37-57(38-67)39-69(21-23-81-57)56(74)80-36-41-11-14-44(15-12-41)63-53(72)48(9-8-19-62-55(59)73)64-52(71)46(40(2)3)33-45(70)17-22-76-24-25-77-26-27-78-28-29-79-30-31-82-60/h10-16,20,32,40,46,48H,5-9,17-19,21-31,33-39,60H2,1-4H3,(H,63,72)(H,64,71)(H3,59,62,73)(H3,58,61,65,66)/t46-,48-/m0/s1. The van der Waals surface area contributed by atoms with E-state index in [0.717, 1.165) is 59.5 Å². The summed E-state index contributed by atoms with van der Waals surface area (Å²) in [5.41, 5.74) is 15.7. The molecule has 82 heavy (non-hydrogen) atoms. The van der Waals surface area contributed by atoms with Crippen molar-refractivity contribution in [2.45, 2.75) is 97.1 Å². The molecule has 0 radical (unpaired) electrons. The molecular weight excluding hydrogens is 1060 g/mol. The lowest BCUT2D eigenvalue weighted by Gasteiger charge is -2.53. The van der Waals surface area contributed by atoms with Crippen LogP contribution in [0.4, 0.5) is 27.0 Å². The van der Waals surface area contributed by atoms with Crippen LogP contribution in [-0.4, -0.2) is 178 Å². The van der Waals surface area contributed by atoms with Crippen molar-refractivity contribution in [3.05, 3.63) is 71.4 Å². The summed E-state index contributed by atoms with van der Waals surface area (Å²) in [6, 6.07) is 13.4. The lowest BCUT2D eigenvalue weighted by atomic mass is 9.88. The molecule has 2 fully saturated rings. The van der Waals surface area contributed by atoms with Crippen LogP contribution < -0.4 is 43.4 Å². The molecule has 0 bridgehead atoms. The average Bonchev–Trinajstić information content (AvgIpc) is 3.92. The number of aromatic nitrogens is 3. The van der Waals surface area contributed by atoms with Crippen LogP contribution in [0, 0.1) is 11.8 Å². The zero-order chi connectivity index (χ0) is 58.7. The molecule has 4 heterocycles. The largest absolute Gasteiger partial charge is 0.496 e. The molecule has 2 atom stereocenters. The van der Waals surface area contributed by atoms with Crippen molar-refractivity contribution in [2.75, 3.05) is 129 Å². The molecule has 0 unspecified atom stereocenters. The number of morpholine rings is 1. The summed E-state index contributed by atoms with van der Waals surface area (Å²) in [7, 11) is 1.68. The fraction of sp³-hybridized carbons (Fsp3) is 0.596. The summed E-state index contributed by atoms with van der Waals surface area (Å²) in [5.74, 6) is 4.66. The van der Waals surface area contributed by atoms with Gasteiger partial charge >= 0.3 is 12.1 Å². The van der Waals surface area contributed by atoms with E-state index in [1.807, 2.05) is 26.1 Å². The van der Waals surface area contributed by atoms with Crippen molar-refractivity contribution in [3.8, 4) is 5.75 Å². The summed E-state index contributed by atoms with van der Waals surface area (Å²) >= 11 is 0. The Kier molecular flexibility index (Phi) is 26.7. The maximum atomic E-state index is 13.7. The number of primary amides is 1. The van der Waals surface area contributed by atoms with Gasteiger partial charge in [-0.15, -0.1) is 0 Å². The van der Waals surface area contributed by atoms with E-state index in [1.54, 1.807) is 36.3 Å². The van der Waals surface area contributed by atoms with Crippen LogP contribution in [0.15, 0.2) is 54.7 Å². The predicted molar refractivity (Wildman–Crippen MR) is 308 cm³/mol. The Bertz CT molecular complexity index is 2630. The van der Waals surface area contributed by atoms with Gasteiger partial charge in [-0.3, -0.25) is 19.3 Å². The van der Waals surface area contributed by atoms with Crippen molar-refractivity contribution >= 4 is 58.2 Å². The van der Waals surface area contributed by atoms with Crippen molar-refractivity contribution < 1.29 is 62.0 Å². The minimum atomic E-state index is -0.996. The molecule has 5 amide bonds. The molecule has 2 aromatic carbocycles. The number of unbranched alkanes of at least 4 members (excludes halogenated alkanes) is 2. The Morgan fingerprint density at radius 1 is 0.805 bits per heavy atom.